The number of aliphatic hydroxyl groups is 1. The Bertz CT molecular complexity index is 188. The van der Waals surface area contributed by atoms with Crippen LogP contribution in [0, 0.1) is 5.92 Å². The summed E-state index contributed by atoms with van der Waals surface area (Å²) in [6, 6.07) is 0.284. The molecule has 0 radical (unpaired) electrons. The predicted molar refractivity (Wildman–Crippen MR) is 67.2 cm³/mol. The smallest absolute Gasteiger partial charge is 0.222 e. The van der Waals surface area contributed by atoms with Gasteiger partial charge in [0.15, 0.2) is 0 Å². The lowest BCUT2D eigenvalue weighted by atomic mass is 10.1. The van der Waals surface area contributed by atoms with Crippen molar-refractivity contribution >= 4 is 5.91 Å². The number of carbonyl (C=O) groups excluding carboxylic acids is 1. The van der Waals surface area contributed by atoms with Gasteiger partial charge in [-0.3, -0.25) is 4.79 Å². The van der Waals surface area contributed by atoms with Crippen LogP contribution in [0.1, 0.15) is 53.4 Å². The van der Waals surface area contributed by atoms with Crippen LogP contribution in [-0.4, -0.2) is 35.1 Å². The number of hydrogen-bond donors (Lipinski definition) is 1. The van der Waals surface area contributed by atoms with Gasteiger partial charge in [-0.25, -0.2) is 0 Å². The van der Waals surface area contributed by atoms with Crippen LogP contribution in [-0.2, 0) is 4.79 Å². The standard InChI is InChI=1S/C13H27NO2/c1-5-12(6-2)14(9-10-15)13(16)8-7-11(3)4/h11-12,15H,5-10H2,1-4H3. The number of nitrogens with zero attached hydrogens (tertiary/aromatic N) is 1. The topological polar surface area (TPSA) is 40.5 Å². The SMILES string of the molecule is CCC(CC)N(CCO)C(=O)CCC(C)C. The van der Waals surface area contributed by atoms with Crippen molar-refractivity contribution in [2.75, 3.05) is 13.2 Å². The molecule has 1 amide bonds. The van der Waals surface area contributed by atoms with Crippen LogP contribution in [0.2, 0.25) is 0 Å². The van der Waals surface area contributed by atoms with Gasteiger partial charge >= 0.3 is 0 Å². The van der Waals surface area contributed by atoms with Gasteiger partial charge in [0.05, 0.1) is 6.61 Å². The molecule has 1 N–H and O–H groups in total. The third-order valence-corrected chi connectivity index (χ3v) is 2.98. The Kier molecular flexibility index (Phi) is 8.26. The third kappa shape index (κ3) is 5.50. The van der Waals surface area contributed by atoms with Crippen LogP contribution in [0.25, 0.3) is 0 Å². The average molecular weight is 229 g/mol. The van der Waals surface area contributed by atoms with Gasteiger partial charge in [0.25, 0.3) is 0 Å². The molecular formula is C13H27NO2. The molecule has 3 heteroatoms. The molecule has 0 aliphatic rings. The second-order valence-electron chi connectivity index (χ2n) is 4.71. The van der Waals surface area contributed by atoms with Crippen LogP contribution in [0.3, 0.4) is 0 Å². The highest BCUT2D eigenvalue weighted by molar-refractivity contribution is 5.76. The van der Waals surface area contributed by atoms with Crippen molar-refractivity contribution < 1.29 is 9.90 Å². The lowest BCUT2D eigenvalue weighted by Gasteiger charge is -2.30. The van der Waals surface area contributed by atoms with Crippen LogP contribution >= 0.6 is 0 Å². The van der Waals surface area contributed by atoms with E-state index in [-0.39, 0.29) is 18.6 Å². The number of aliphatic hydroxyl groups excluding tert-OH is 1. The van der Waals surface area contributed by atoms with E-state index in [9.17, 15) is 4.79 Å². The largest absolute Gasteiger partial charge is 0.395 e. The van der Waals surface area contributed by atoms with Crippen LogP contribution in [0.5, 0.6) is 0 Å². The van der Waals surface area contributed by atoms with E-state index in [0.29, 0.717) is 18.9 Å². The maximum absolute atomic E-state index is 12.0. The fourth-order valence-corrected chi connectivity index (χ4v) is 1.90. The molecule has 0 spiro atoms. The summed E-state index contributed by atoms with van der Waals surface area (Å²) in [5, 5.41) is 9.01. The first-order valence-electron chi connectivity index (χ1n) is 6.47. The maximum atomic E-state index is 12.0. The van der Waals surface area contributed by atoms with Crippen molar-refractivity contribution in [2.45, 2.75) is 59.4 Å². The van der Waals surface area contributed by atoms with E-state index in [2.05, 4.69) is 27.7 Å². The normalized spacial score (nSPS) is 11.2. The molecule has 0 aliphatic heterocycles. The molecule has 0 atom stereocenters. The lowest BCUT2D eigenvalue weighted by Crippen LogP contribution is -2.41. The number of carbonyl (C=O) groups is 1. The lowest BCUT2D eigenvalue weighted by molar-refractivity contribution is -0.134. The van der Waals surface area contributed by atoms with Crippen molar-refractivity contribution in [1.29, 1.82) is 0 Å². The minimum Gasteiger partial charge on any atom is -0.395 e. The zero-order valence-corrected chi connectivity index (χ0v) is 11.2. The highest BCUT2D eigenvalue weighted by atomic mass is 16.3. The molecular weight excluding hydrogens is 202 g/mol. The highest BCUT2D eigenvalue weighted by Crippen LogP contribution is 2.13. The predicted octanol–water partition coefficient (Wildman–Crippen LogP) is 2.43. The second kappa shape index (κ2) is 8.57. The van der Waals surface area contributed by atoms with Gasteiger partial charge in [-0.2, -0.15) is 0 Å². The van der Waals surface area contributed by atoms with Crippen molar-refractivity contribution in [3.05, 3.63) is 0 Å². The minimum atomic E-state index is 0.0594. The van der Waals surface area contributed by atoms with Crippen molar-refractivity contribution in [1.82, 2.24) is 4.90 Å². The molecule has 0 saturated heterocycles. The van der Waals surface area contributed by atoms with E-state index in [0.717, 1.165) is 19.3 Å². The fraction of sp³-hybridized carbons (Fsp3) is 0.923. The molecule has 0 bridgehead atoms. The zero-order valence-electron chi connectivity index (χ0n) is 11.2. The Balaban J connectivity index is 4.32. The zero-order chi connectivity index (χ0) is 12.6. The summed E-state index contributed by atoms with van der Waals surface area (Å²) in [5.41, 5.74) is 0. The van der Waals surface area contributed by atoms with Crippen LogP contribution in [0.4, 0.5) is 0 Å². The van der Waals surface area contributed by atoms with Crippen molar-refractivity contribution in [3.63, 3.8) is 0 Å². The molecule has 0 aromatic carbocycles. The summed E-state index contributed by atoms with van der Waals surface area (Å²) in [7, 11) is 0. The van der Waals surface area contributed by atoms with E-state index in [1.165, 1.54) is 0 Å². The summed E-state index contributed by atoms with van der Waals surface area (Å²) < 4.78 is 0. The molecule has 0 saturated carbocycles. The van der Waals surface area contributed by atoms with Gasteiger partial charge in [0, 0.05) is 19.0 Å². The van der Waals surface area contributed by atoms with E-state index >= 15 is 0 Å². The van der Waals surface area contributed by atoms with E-state index in [1.54, 1.807) is 0 Å². The monoisotopic (exact) mass is 229 g/mol. The first kappa shape index (κ1) is 15.4. The molecule has 0 rings (SSSR count). The summed E-state index contributed by atoms with van der Waals surface area (Å²) in [5.74, 6) is 0.748. The van der Waals surface area contributed by atoms with Gasteiger partial charge in [-0.1, -0.05) is 27.7 Å². The molecule has 96 valence electrons. The Morgan fingerprint density at radius 3 is 2.19 bits per heavy atom. The second-order valence-corrected chi connectivity index (χ2v) is 4.71. The molecule has 16 heavy (non-hydrogen) atoms. The van der Waals surface area contributed by atoms with Gasteiger partial charge in [0.2, 0.25) is 5.91 Å². The van der Waals surface area contributed by atoms with Crippen LogP contribution in [0.15, 0.2) is 0 Å². The molecule has 0 aromatic rings. The average Bonchev–Trinajstić information content (AvgIpc) is 2.26. The van der Waals surface area contributed by atoms with Gasteiger partial charge < -0.3 is 10.0 Å². The van der Waals surface area contributed by atoms with Gasteiger partial charge in [-0.15, -0.1) is 0 Å². The molecule has 0 aromatic heterocycles. The molecule has 3 nitrogen and oxygen atoms in total. The molecule has 0 heterocycles. The van der Waals surface area contributed by atoms with E-state index < -0.39 is 0 Å². The van der Waals surface area contributed by atoms with E-state index in [4.69, 9.17) is 5.11 Å². The maximum Gasteiger partial charge on any atom is 0.222 e. The summed E-state index contributed by atoms with van der Waals surface area (Å²) in [6.07, 6.45) is 3.46. The first-order chi connectivity index (χ1) is 7.56. The van der Waals surface area contributed by atoms with Crippen molar-refractivity contribution in [3.8, 4) is 0 Å². The Morgan fingerprint density at radius 2 is 1.81 bits per heavy atom. The number of amides is 1. The molecule has 0 aliphatic carbocycles. The number of hydrogen-bond acceptors (Lipinski definition) is 2. The summed E-state index contributed by atoms with van der Waals surface area (Å²) in [4.78, 5) is 13.9. The molecule has 0 fully saturated rings. The Morgan fingerprint density at radius 1 is 1.25 bits per heavy atom. The van der Waals surface area contributed by atoms with Crippen molar-refractivity contribution in [2.24, 2.45) is 5.92 Å². The highest BCUT2D eigenvalue weighted by Gasteiger charge is 2.20. The summed E-state index contributed by atoms with van der Waals surface area (Å²) in [6.45, 7) is 8.97. The number of rotatable bonds is 8. The third-order valence-electron chi connectivity index (χ3n) is 2.98. The Hall–Kier alpha value is -0.570. The minimum absolute atomic E-state index is 0.0594. The molecule has 0 unspecified atom stereocenters. The van der Waals surface area contributed by atoms with Gasteiger partial charge in [-0.05, 0) is 25.2 Å². The van der Waals surface area contributed by atoms with Gasteiger partial charge in [0.1, 0.15) is 0 Å². The summed E-state index contributed by atoms with van der Waals surface area (Å²) >= 11 is 0. The van der Waals surface area contributed by atoms with Crippen LogP contribution < -0.4 is 0 Å². The Labute approximate surface area is 99.8 Å². The van der Waals surface area contributed by atoms with E-state index in [1.807, 2.05) is 4.90 Å². The first-order valence-corrected chi connectivity index (χ1v) is 6.47. The quantitative estimate of drug-likeness (QED) is 0.694. The fourth-order valence-electron chi connectivity index (χ4n) is 1.90.